The van der Waals surface area contributed by atoms with Gasteiger partial charge in [-0.15, -0.1) is 0 Å². The van der Waals surface area contributed by atoms with Gasteiger partial charge in [-0.1, -0.05) is 19.8 Å². The molecule has 0 saturated heterocycles. The summed E-state index contributed by atoms with van der Waals surface area (Å²) in [5.74, 6) is -0.110. The first-order valence-corrected chi connectivity index (χ1v) is 4.76. The molecule has 0 aliphatic rings. The second-order valence-electron chi connectivity index (χ2n) is 2.96. The fraction of sp³-hybridized carbons (Fsp3) is 0.889. The van der Waals surface area contributed by atoms with Gasteiger partial charge in [-0.05, 0) is 6.42 Å². The molecule has 0 heterocycles. The zero-order valence-corrected chi connectivity index (χ0v) is 8.51. The van der Waals surface area contributed by atoms with Gasteiger partial charge in [0.05, 0.1) is 0 Å². The summed E-state index contributed by atoms with van der Waals surface area (Å²) in [5.41, 5.74) is 5.33. The van der Waals surface area contributed by atoms with E-state index in [-0.39, 0.29) is 12.5 Å². The average molecular weight is 188 g/mol. The number of carbonyl (C=O) groups excluding carboxylic acids is 1. The van der Waals surface area contributed by atoms with Crippen LogP contribution in [0.1, 0.15) is 26.2 Å². The summed E-state index contributed by atoms with van der Waals surface area (Å²) in [6.45, 7) is 3.07. The van der Waals surface area contributed by atoms with Gasteiger partial charge in [0.15, 0.2) is 0 Å². The molecule has 4 nitrogen and oxygen atoms in total. The van der Waals surface area contributed by atoms with Gasteiger partial charge >= 0.3 is 0 Å². The summed E-state index contributed by atoms with van der Waals surface area (Å²) in [6.07, 6.45) is 2.81. The number of nitrogens with one attached hydrogen (secondary N) is 1. The number of amides is 1. The molecule has 1 unspecified atom stereocenters. The first kappa shape index (κ1) is 12.4. The molecule has 1 amide bonds. The van der Waals surface area contributed by atoms with E-state index in [1.807, 2.05) is 0 Å². The molecule has 1 atom stereocenters. The summed E-state index contributed by atoms with van der Waals surface area (Å²) in [7, 11) is 1.49. The standard InChI is InChI=1S/C9H20N2O2/c1-3-4-5-6-11-9(12)8(7-10)13-2/h8H,3-7,10H2,1-2H3,(H,11,12). The number of methoxy groups -OCH3 is 1. The Bertz CT molecular complexity index is 136. The fourth-order valence-electron chi connectivity index (χ4n) is 1.01. The lowest BCUT2D eigenvalue weighted by Crippen LogP contribution is -2.40. The van der Waals surface area contributed by atoms with E-state index in [1.54, 1.807) is 0 Å². The summed E-state index contributed by atoms with van der Waals surface area (Å²) in [4.78, 5) is 11.3. The van der Waals surface area contributed by atoms with E-state index in [0.717, 1.165) is 19.3 Å². The third kappa shape index (κ3) is 5.60. The van der Waals surface area contributed by atoms with Crippen LogP contribution in [0.4, 0.5) is 0 Å². The molecule has 0 aliphatic carbocycles. The van der Waals surface area contributed by atoms with Crippen LogP contribution in [0.2, 0.25) is 0 Å². The number of hydrogen-bond acceptors (Lipinski definition) is 3. The van der Waals surface area contributed by atoms with Crippen molar-refractivity contribution in [3.05, 3.63) is 0 Å². The normalized spacial score (nSPS) is 12.5. The lowest BCUT2D eigenvalue weighted by Gasteiger charge is -2.12. The second-order valence-corrected chi connectivity index (χ2v) is 2.96. The molecule has 0 aliphatic heterocycles. The van der Waals surface area contributed by atoms with Crippen molar-refractivity contribution in [3.8, 4) is 0 Å². The maximum atomic E-state index is 11.3. The first-order chi connectivity index (χ1) is 6.26. The molecule has 0 bridgehead atoms. The molecular formula is C9H20N2O2. The minimum absolute atomic E-state index is 0.110. The molecule has 78 valence electrons. The zero-order valence-electron chi connectivity index (χ0n) is 8.51. The highest BCUT2D eigenvalue weighted by Gasteiger charge is 2.13. The van der Waals surface area contributed by atoms with E-state index >= 15 is 0 Å². The van der Waals surface area contributed by atoms with Gasteiger partial charge in [0.1, 0.15) is 6.10 Å². The van der Waals surface area contributed by atoms with E-state index in [2.05, 4.69) is 12.2 Å². The van der Waals surface area contributed by atoms with Crippen molar-refractivity contribution in [2.24, 2.45) is 5.73 Å². The highest BCUT2D eigenvalue weighted by molar-refractivity contribution is 5.80. The Labute approximate surface area is 79.8 Å². The molecule has 0 fully saturated rings. The van der Waals surface area contributed by atoms with Crippen molar-refractivity contribution < 1.29 is 9.53 Å². The SMILES string of the molecule is CCCCCNC(=O)C(CN)OC. The van der Waals surface area contributed by atoms with Crippen molar-refractivity contribution in [1.82, 2.24) is 5.32 Å². The number of hydrogen-bond donors (Lipinski definition) is 2. The molecule has 0 spiro atoms. The minimum atomic E-state index is -0.498. The van der Waals surface area contributed by atoms with Crippen molar-refractivity contribution in [3.63, 3.8) is 0 Å². The Morgan fingerprint density at radius 1 is 1.54 bits per heavy atom. The van der Waals surface area contributed by atoms with Gasteiger partial charge in [-0.2, -0.15) is 0 Å². The summed E-state index contributed by atoms with van der Waals surface area (Å²) in [6, 6.07) is 0. The second kappa shape index (κ2) is 8.01. The quantitative estimate of drug-likeness (QED) is 0.563. The number of carbonyl (C=O) groups is 1. The largest absolute Gasteiger partial charge is 0.370 e. The maximum Gasteiger partial charge on any atom is 0.250 e. The Kier molecular flexibility index (Phi) is 7.63. The molecule has 0 aromatic heterocycles. The molecule has 0 radical (unpaired) electrons. The molecule has 4 heteroatoms. The Morgan fingerprint density at radius 2 is 2.23 bits per heavy atom. The zero-order chi connectivity index (χ0) is 10.1. The van der Waals surface area contributed by atoms with Gasteiger partial charge in [-0.25, -0.2) is 0 Å². The van der Waals surface area contributed by atoms with Crippen LogP contribution in [-0.2, 0) is 9.53 Å². The minimum Gasteiger partial charge on any atom is -0.370 e. The van der Waals surface area contributed by atoms with E-state index < -0.39 is 6.10 Å². The lowest BCUT2D eigenvalue weighted by molar-refractivity contribution is -0.130. The highest BCUT2D eigenvalue weighted by Crippen LogP contribution is 1.92. The van der Waals surface area contributed by atoms with Gasteiger partial charge < -0.3 is 15.8 Å². The van der Waals surface area contributed by atoms with Gasteiger partial charge in [0, 0.05) is 20.2 Å². The van der Waals surface area contributed by atoms with Gasteiger partial charge in [0.25, 0.3) is 0 Å². The van der Waals surface area contributed by atoms with E-state index in [1.165, 1.54) is 7.11 Å². The number of unbranched alkanes of at least 4 members (excludes halogenated alkanes) is 2. The maximum absolute atomic E-state index is 11.3. The molecule has 13 heavy (non-hydrogen) atoms. The van der Waals surface area contributed by atoms with Crippen LogP contribution in [0.5, 0.6) is 0 Å². The smallest absolute Gasteiger partial charge is 0.250 e. The molecule has 0 aromatic carbocycles. The Morgan fingerprint density at radius 3 is 2.69 bits per heavy atom. The van der Waals surface area contributed by atoms with Crippen molar-refractivity contribution in [1.29, 1.82) is 0 Å². The lowest BCUT2D eigenvalue weighted by atomic mass is 10.2. The van der Waals surface area contributed by atoms with Crippen molar-refractivity contribution in [2.45, 2.75) is 32.3 Å². The highest BCUT2D eigenvalue weighted by atomic mass is 16.5. The average Bonchev–Trinajstić information content (AvgIpc) is 2.14. The number of nitrogens with two attached hydrogens (primary N) is 1. The fourth-order valence-corrected chi connectivity index (χ4v) is 1.01. The number of ether oxygens (including phenoxy) is 1. The molecule has 3 N–H and O–H groups in total. The van der Waals surface area contributed by atoms with Crippen molar-refractivity contribution >= 4 is 5.91 Å². The van der Waals surface area contributed by atoms with Gasteiger partial charge in [0.2, 0.25) is 5.91 Å². The van der Waals surface area contributed by atoms with Crippen LogP contribution in [0.3, 0.4) is 0 Å². The van der Waals surface area contributed by atoms with Crippen LogP contribution >= 0.6 is 0 Å². The molecule has 0 rings (SSSR count). The third-order valence-corrected chi connectivity index (χ3v) is 1.87. The van der Waals surface area contributed by atoms with Crippen LogP contribution in [0.15, 0.2) is 0 Å². The van der Waals surface area contributed by atoms with E-state index in [9.17, 15) is 4.79 Å². The Hall–Kier alpha value is -0.610. The molecule has 0 aromatic rings. The summed E-state index contributed by atoms with van der Waals surface area (Å²) >= 11 is 0. The monoisotopic (exact) mass is 188 g/mol. The predicted molar refractivity (Wildman–Crippen MR) is 52.4 cm³/mol. The third-order valence-electron chi connectivity index (χ3n) is 1.87. The number of rotatable bonds is 7. The van der Waals surface area contributed by atoms with Crippen LogP contribution in [-0.4, -0.2) is 32.2 Å². The van der Waals surface area contributed by atoms with Crippen LogP contribution in [0, 0.1) is 0 Å². The first-order valence-electron chi connectivity index (χ1n) is 4.76. The molecular weight excluding hydrogens is 168 g/mol. The molecule has 0 saturated carbocycles. The van der Waals surface area contributed by atoms with Crippen LogP contribution < -0.4 is 11.1 Å². The predicted octanol–water partition coefficient (Wildman–Crippen LogP) is 0.267. The van der Waals surface area contributed by atoms with E-state index in [0.29, 0.717) is 6.54 Å². The van der Waals surface area contributed by atoms with E-state index in [4.69, 9.17) is 10.5 Å². The topological polar surface area (TPSA) is 64.4 Å². The summed E-state index contributed by atoms with van der Waals surface area (Å²) < 4.78 is 4.88. The van der Waals surface area contributed by atoms with Gasteiger partial charge in [-0.3, -0.25) is 4.79 Å². The summed E-state index contributed by atoms with van der Waals surface area (Å²) in [5, 5.41) is 2.78. The van der Waals surface area contributed by atoms with Crippen LogP contribution in [0.25, 0.3) is 0 Å². The van der Waals surface area contributed by atoms with Crippen molar-refractivity contribution in [2.75, 3.05) is 20.2 Å². The Balaban J connectivity index is 3.48.